The van der Waals surface area contributed by atoms with Crippen molar-refractivity contribution in [3.8, 4) is 11.8 Å². The zero-order chi connectivity index (χ0) is 18.2. The van der Waals surface area contributed by atoms with Crippen LogP contribution >= 0.6 is 0 Å². The summed E-state index contributed by atoms with van der Waals surface area (Å²) in [6.07, 6.45) is -3.74. The number of alkyl halides is 2. The number of ether oxygens (including phenoxy) is 1. The van der Waals surface area contributed by atoms with Gasteiger partial charge in [0.05, 0.1) is 18.3 Å². The van der Waals surface area contributed by atoms with Crippen LogP contribution in [0.4, 0.5) is 14.5 Å². The molecule has 1 aromatic carbocycles. The number of anilines is 1. The summed E-state index contributed by atoms with van der Waals surface area (Å²) in [7, 11) is 0. The van der Waals surface area contributed by atoms with Gasteiger partial charge in [0.2, 0.25) is 0 Å². The van der Waals surface area contributed by atoms with E-state index < -0.39 is 18.1 Å². The molecular weight excluding hydrogens is 332 g/mol. The number of halogens is 2. The number of carbonyl (C=O) groups excluding carboxylic acids is 1. The molecule has 2 aromatic rings. The van der Waals surface area contributed by atoms with E-state index in [9.17, 15) is 18.7 Å². The molecule has 0 aliphatic carbocycles. The second kappa shape index (κ2) is 6.11. The number of aromatic nitrogens is 1. The number of hydrogen-bond acceptors (Lipinski definition) is 5. The lowest BCUT2D eigenvalue weighted by Crippen LogP contribution is -2.50. The Morgan fingerprint density at radius 1 is 1.44 bits per heavy atom. The molecule has 1 aliphatic heterocycles. The van der Waals surface area contributed by atoms with E-state index in [1.807, 2.05) is 6.07 Å². The number of nitrogens with zero attached hydrogens (tertiary/aromatic N) is 3. The van der Waals surface area contributed by atoms with Gasteiger partial charge in [-0.05, 0) is 30.7 Å². The fourth-order valence-electron chi connectivity index (χ4n) is 2.61. The first kappa shape index (κ1) is 16.8. The normalized spacial score (nSPS) is 16.6. The predicted octanol–water partition coefficient (Wildman–Crippen LogP) is 2.52. The highest BCUT2D eigenvalue weighted by Crippen LogP contribution is 2.44. The number of aliphatic hydroxyl groups excluding tert-OH is 1. The van der Waals surface area contributed by atoms with Crippen molar-refractivity contribution in [2.24, 2.45) is 0 Å². The Morgan fingerprint density at radius 3 is 2.88 bits per heavy atom. The molecule has 0 fully saturated rings. The van der Waals surface area contributed by atoms with Gasteiger partial charge in [0.25, 0.3) is 0 Å². The zero-order valence-corrected chi connectivity index (χ0v) is 13.1. The minimum Gasteiger partial charge on any atom is -0.423 e. The molecule has 8 heteroatoms. The molecule has 0 radical (unpaired) electrons. The van der Waals surface area contributed by atoms with Gasteiger partial charge in [0.15, 0.2) is 5.75 Å². The lowest BCUT2D eigenvalue weighted by Gasteiger charge is -2.35. The maximum atomic E-state index is 14.1. The Balaban J connectivity index is 2.08. The predicted molar refractivity (Wildman–Crippen MR) is 82.8 cm³/mol. The van der Waals surface area contributed by atoms with Crippen molar-refractivity contribution in [1.82, 2.24) is 4.98 Å². The molecule has 1 amide bonds. The first-order valence-corrected chi connectivity index (χ1v) is 7.38. The highest BCUT2D eigenvalue weighted by atomic mass is 19.3. The molecule has 0 bridgehead atoms. The van der Waals surface area contributed by atoms with Crippen molar-refractivity contribution in [2.75, 3.05) is 4.90 Å². The summed E-state index contributed by atoms with van der Waals surface area (Å²) in [5.74, 6) is -1.75. The second-order valence-electron chi connectivity index (χ2n) is 5.54. The molecule has 0 saturated carbocycles. The fourth-order valence-corrected chi connectivity index (χ4v) is 2.61. The third kappa shape index (κ3) is 3.02. The number of amides is 1. The molecule has 1 aromatic heterocycles. The third-order valence-corrected chi connectivity index (χ3v) is 3.77. The van der Waals surface area contributed by atoms with E-state index in [1.54, 1.807) is 6.07 Å². The summed E-state index contributed by atoms with van der Waals surface area (Å²) in [5, 5.41) is 18.7. The van der Waals surface area contributed by atoms with Crippen molar-refractivity contribution in [3.63, 3.8) is 0 Å². The van der Waals surface area contributed by atoms with Crippen LogP contribution in [-0.2, 0) is 11.3 Å². The van der Waals surface area contributed by atoms with Crippen LogP contribution < -0.4 is 9.64 Å². The fraction of sp³-hybridized carbons (Fsp3) is 0.235. The number of carbonyl (C=O) groups is 1. The van der Waals surface area contributed by atoms with Crippen molar-refractivity contribution in [3.05, 3.63) is 53.3 Å². The summed E-state index contributed by atoms with van der Waals surface area (Å²) in [6.45, 7) is 1.23. The van der Waals surface area contributed by atoms with E-state index in [1.165, 1.54) is 37.4 Å². The highest BCUT2D eigenvalue weighted by Gasteiger charge is 2.51. The van der Waals surface area contributed by atoms with Crippen LogP contribution in [0.1, 0.15) is 29.8 Å². The van der Waals surface area contributed by atoms with Crippen molar-refractivity contribution >= 4 is 11.6 Å². The monoisotopic (exact) mass is 345 g/mol. The van der Waals surface area contributed by atoms with E-state index in [4.69, 9.17) is 5.26 Å². The van der Waals surface area contributed by atoms with Gasteiger partial charge in [-0.1, -0.05) is 12.1 Å². The van der Waals surface area contributed by atoms with Gasteiger partial charge in [-0.2, -0.15) is 14.0 Å². The number of fused-ring (bicyclic) bond motifs is 1. The molecule has 1 unspecified atom stereocenters. The number of hydrogen-bond donors (Lipinski definition) is 1. The van der Waals surface area contributed by atoms with Gasteiger partial charge in [-0.3, -0.25) is 9.69 Å². The van der Waals surface area contributed by atoms with Crippen LogP contribution in [0.2, 0.25) is 0 Å². The van der Waals surface area contributed by atoms with Gasteiger partial charge < -0.3 is 9.84 Å². The van der Waals surface area contributed by atoms with Crippen LogP contribution in [0, 0.1) is 11.3 Å². The number of benzene rings is 1. The number of rotatable bonds is 3. The molecule has 6 nitrogen and oxygen atoms in total. The molecule has 2 heterocycles. The molecule has 1 aliphatic rings. The van der Waals surface area contributed by atoms with Crippen LogP contribution in [0.3, 0.4) is 0 Å². The Morgan fingerprint density at radius 2 is 2.20 bits per heavy atom. The molecule has 128 valence electrons. The largest absolute Gasteiger partial charge is 0.483 e. The van der Waals surface area contributed by atoms with Crippen LogP contribution in [0.5, 0.6) is 5.75 Å². The topological polar surface area (TPSA) is 86.5 Å². The quantitative estimate of drug-likeness (QED) is 0.924. The number of pyridine rings is 1. The van der Waals surface area contributed by atoms with Crippen LogP contribution in [-0.4, -0.2) is 22.1 Å². The number of aliphatic hydroxyl groups is 1. The second-order valence-corrected chi connectivity index (χ2v) is 5.54. The maximum Gasteiger partial charge on any atom is 0.483 e. The summed E-state index contributed by atoms with van der Waals surface area (Å²) in [5.41, 5.74) is 0.862. The van der Waals surface area contributed by atoms with Gasteiger partial charge in [0.1, 0.15) is 11.8 Å². The molecule has 25 heavy (non-hydrogen) atoms. The summed E-state index contributed by atoms with van der Waals surface area (Å²) in [4.78, 5) is 16.8. The lowest BCUT2D eigenvalue weighted by molar-refractivity contribution is -0.193. The highest BCUT2D eigenvalue weighted by molar-refractivity contribution is 6.01. The van der Waals surface area contributed by atoms with Gasteiger partial charge in [-0.15, -0.1) is 0 Å². The first-order chi connectivity index (χ1) is 11.8. The molecular formula is C17H13F2N3O3. The maximum absolute atomic E-state index is 14.1. The standard InChI is InChI=1S/C17H13F2N3O3/c1-10(23)13-3-2-4-14-15(13)25-17(18,19)16(24)22(14)9-11-5-6-21-12(7-11)8-20/h2-7,10,23H,9H2,1H3. The van der Waals surface area contributed by atoms with Gasteiger partial charge in [-0.25, -0.2) is 4.98 Å². The minimum atomic E-state index is -4.05. The zero-order valence-electron chi connectivity index (χ0n) is 13.1. The van der Waals surface area contributed by atoms with Crippen molar-refractivity contribution < 1.29 is 23.4 Å². The minimum absolute atomic E-state index is 0.114. The van der Waals surface area contributed by atoms with E-state index >= 15 is 0 Å². The van der Waals surface area contributed by atoms with E-state index in [2.05, 4.69) is 9.72 Å². The van der Waals surface area contributed by atoms with Crippen molar-refractivity contribution in [1.29, 1.82) is 5.26 Å². The SMILES string of the molecule is CC(O)c1cccc2c1OC(F)(F)C(=O)N2Cc1ccnc(C#N)c1. The molecule has 3 rings (SSSR count). The van der Waals surface area contributed by atoms with Crippen molar-refractivity contribution in [2.45, 2.75) is 25.7 Å². The van der Waals surface area contributed by atoms with Crippen LogP contribution in [0.15, 0.2) is 36.5 Å². The van der Waals surface area contributed by atoms with E-state index in [-0.39, 0.29) is 29.2 Å². The average molecular weight is 345 g/mol. The Labute approximate surface area is 141 Å². The van der Waals surface area contributed by atoms with Gasteiger partial charge in [0, 0.05) is 11.8 Å². The summed E-state index contributed by atoms with van der Waals surface area (Å²) in [6, 6.07) is 9.25. The summed E-state index contributed by atoms with van der Waals surface area (Å²) < 4.78 is 32.7. The molecule has 1 atom stereocenters. The smallest absolute Gasteiger partial charge is 0.423 e. The molecule has 1 N–H and O–H groups in total. The van der Waals surface area contributed by atoms with Crippen LogP contribution in [0.25, 0.3) is 0 Å². The average Bonchev–Trinajstić information content (AvgIpc) is 2.58. The first-order valence-electron chi connectivity index (χ1n) is 7.38. The number of nitriles is 1. The summed E-state index contributed by atoms with van der Waals surface area (Å²) >= 11 is 0. The third-order valence-electron chi connectivity index (χ3n) is 3.77. The Hall–Kier alpha value is -3.05. The Bertz CT molecular complexity index is 878. The molecule has 0 saturated heterocycles. The lowest BCUT2D eigenvalue weighted by atomic mass is 10.1. The number of para-hydroxylation sites is 1. The Kier molecular flexibility index (Phi) is 4.10. The van der Waals surface area contributed by atoms with Gasteiger partial charge >= 0.3 is 12.0 Å². The van der Waals surface area contributed by atoms with E-state index in [0.717, 1.165) is 4.90 Å². The molecule has 0 spiro atoms. The van der Waals surface area contributed by atoms with E-state index in [0.29, 0.717) is 5.56 Å².